The quantitative estimate of drug-likeness (QED) is 0.695. The van der Waals surface area contributed by atoms with Crippen LogP contribution >= 0.6 is 31.9 Å². The van der Waals surface area contributed by atoms with E-state index in [2.05, 4.69) is 36.6 Å². The third-order valence-corrected chi connectivity index (χ3v) is 5.60. The first-order valence-electron chi connectivity index (χ1n) is 6.42. The molecule has 0 saturated heterocycles. The molecule has 0 aliphatic heterocycles. The van der Waals surface area contributed by atoms with Crippen molar-refractivity contribution in [1.29, 1.82) is 0 Å². The van der Waals surface area contributed by atoms with E-state index < -0.39 is 10.0 Å². The predicted octanol–water partition coefficient (Wildman–Crippen LogP) is 4.71. The highest BCUT2D eigenvalue weighted by molar-refractivity contribution is 9.10. The molecule has 2 rings (SSSR count). The van der Waals surface area contributed by atoms with E-state index >= 15 is 0 Å². The fourth-order valence-electron chi connectivity index (χ4n) is 1.92. The number of alkyl halides is 1. The number of benzene rings is 2. The topological polar surface area (TPSA) is 46.2 Å². The molecule has 6 heteroatoms. The lowest BCUT2D eigenvalue weighted by atomic mass is 10.1. The highest BCUT2D eigenvalue weighted by Gasteiger charge is 2.15. The van der Waals surface area contributed by atoms with Gasteiger partial charge in [-0.3, -0.25) is 4.72 Å². The summed E-state index contributed by atoms with van der Waals surface area (Å²) in [7, 11) is -3.56. The van der Waals surface area contributed by atoms with Crippen LogP contribution in [-0.2, 0) is 21.8 Å². The monoisotopic (exact) mass is 431 g/mol. The summed E-state index contributed by atoms with van der Waals surface area (Å²) in [6, 6.07) is 12.3. The Kier molecular flexibility index (Phi) is 5.46. The third kappa shape index (κ3) is 4.08. The van der Waals surface area contributed by atoms with Gasteiger partial charge in [0.2, 0.25) is 0 Å². The molecular weight excluding hydrogens is 418 g/mol. The van der Waals surface area contributed by atoms with Gasteiger partial charge in [-0.05, 0) is 47.9 Å². The number of hydrogen-bond acceptors (Lipinski definition) is 2. The van der Waals surface area contributed by atoms with Crippen LogP contribution in [0, 0.1) is 0 Å². The number of rotatable bonds is 5. The molecule has 0 atom stereocenters. The largest absolute Gasteiger partial charge is 0.279 e. The first-order valence-corrected chi connectivity index (χ1v) is 9.82. The van der Waals surface area contributed by atoms with Gasteiger partial charge in [-0.2, -0.15) is 0 Å². The SMILES string of the molecule is CCc1cc(Br)ccc1NS(=O)(=O)c1ccc(CBr)cc1. The zero-order valence-corrected chi connectivity index (χ0v) is 15.4. The van der Waals surface area contributed by atoms with Crippen molar-refractivity contribution in [1.82, 2.24) is 0 Å². The molecule has 21 heavy (non-hydrogen) atoms. The Balaban J connectivity index is 2.32. The Labute approximate surface area is 142 Å². The molecule has 0 saturated carbocycles. The average molecular weight is 433 g/mol. The maximum atomic E-state index is 12.4. The zero-order chi connectivity index (χ0) is 15.5. The Morgan fingerprint density at radius 3 is 2.33 bits per heavy atom. The summed E-state index contributed by atoms with van der Waals surface area (Å²) < 4.78 is 28.4. The third-order valence-electron chi connectivity index (χ3n) is 3.08. The number of anilines is 1. The minimum absolute atomic E-state index is 0.261. The van der Waals surface area contributed by atoms with Gasteiger partial charge in [-0.1, -0.05) is 50.9 Å². The molecule has 0 aromatic heterocycles. The minimum Gasteiger partial charge on any atom is -0.279 e. The van der Waals surface area contributed by atoms with E-state index in [9.17, 15) is 8.42 Å². The van der Waals surface area contributed by atoms with Crippen LogP contribution in [0.1, 0.15) is 18.1 Å². The van der Waals surface area contributed by atoms with Crippen LogP contribution in [0.25, 0.3) is 0 Å². The van der Waals surface area contributed by atoms with Gasteiger partial charge in [-0.15, -0.1) is 0 Å². The average Bonchev–Trinajstić information content (AvgIpc) is 2.49. The van der Waals surface area contributed by atoms with Gasteiger partial charge in [0.15, 0.2) is 0 Å². The number of aryl methyl sites for hydroxylation is 1. The first-order chi connectivity index (χ1) is 9.96. The molecule has 3 nitrogen and oxygen atoms in total. The molecule has 0 heterocycles. The van der Waals surface area contributed by atoms with Crippen molar-refractivity contribution in [3.63, 3.8) is 0 Å². The summed E-state index contributed by atoms with van der Waals surface area (Å²) in [5, 5.41) is 0.702. The Bertz CT molecular complexity index is 728. The molecule has 0 aliphatic rings. The maximum absolute atomic E-state index is 12.4. The van der Waals surface area contributed by atoms with E-state index in [1.807, 2.05) is 19.1 Å². The summed E-state index contributed by atoms with van der Waals surface area (Å²) in [5.74, 6) is 0. The van der Waals surface area contributed by atoms with E-state index in [0.29, 0.717) is 11.0 Å². The van der Waals surface area contributed by atoms with Gasteiger partial charge < -0.3 is 0 Å². The van der Waals surface area contributed by atoms with E-state index in [1.54, 1.807) is 30.3 Å². The lowest BCUT2D eigenvalue weighted by Gasteiger charge is -2.12. The van der Waals surface area contributed by atoms with Crippen molar-refractivity contribution in [2.45, 2.75) is 23.6 Å². The highest BCUT2D eigenvalue weighted by Crippen LogP contribution is 2.24. The summed E-state index contributed by atoms with van der Waals surface area (Å²) in [6.45, 7) is 1.99. The van der Waals surface area contributed by atoms with Gasteiger partial charge in [0.25, 0.3) is 10.0 Å². The molecule has 112 valence electrons. The minimum atomic E-state index is -3.56. The van der Waals surface area contributed by atoms with Crippen LogP contribution in [0.3, 0.4) is 0 Å². The molecule has 0 aliphatic carbocycles. The van der Waals surface area contributed by atoms with Gasteiger partial charge in [0, 0.05) is 9.80 Å². The van der Waals surface area contributed by atoms with Gasteiger partial charge in [-0.25, -0.2) is 8.42 Å². The summed E-state index contributed by atoms with van der Waals surface area (Å²) >= 11 is 6.74. The molecule has 2 aromatic rings. The van der Waals surface area contributed by atoms with Crippen LogP contribution in [0.4, 0.5) is 5.69 Å². The lowest BCUT2D eigenvalue weighted by Crippen LogP contribution is -2.14. The Morgan fingerprint density at radius 1 is 1.10 bits per heavy atom. The van der Waals surface area contributed by atoms with Crippen molar-refractivity contribution >= 4 is 47.6 Å². The van der Waals surface area contributed by atoms with Crippen LogP contribution < -0.4 is 4.72 Å². The van der Waals surface area contributed by atoms with Crippen LogP contribution in [0.5, 0.6) is 0 Å². The lowest BCUT2D eigenvalue weighted by molar-refractivity contribution is 0.601. The summed E-state index contributed by atoms with van der Waals surface area (Å²) in [6.07, 6.45) is 0.750. The highest BCUT2D eigenvalue weighted by atomic mass is 79.9. The molecule has 0 amide bonds. The Hall–Kier alpha value is -0.850. The molecule has 0 bridgehead atoms. The number of nitrogens with one attached hydrogen (secondary N) is 1. The smallest absolute Gasteiger partial charge is 0.261 e. The fourth-order valence-corrected chi connectivity index (χ4v) is 3.80. The predicted molar refractivity (Wildman–Crippen MR) is 93.4 cm³/mol. The van der Waals surface area contributed by atoms with E-state index in [1.165, 1.54) is 0 Å². The summed E-state index contributed by atoms with van der Waals surface area (Å²) in [5.41, 5.74) is 2.60. The second kappa shape index (κ2) is 6.94. The summed E-state index contributed by atoms with van der Waals surface area (Å²) in [4.78, 5) is 0.261. The Morgan fingerprint density at radius 2 is 1.76 bits per heavy atom. The van der Waals surface area contributed by atoms with Gasteiger partial charge in [0.05, 0.1) is 10.6 Å². The van der Waals surface area contributed by atoms with E-state index in [4.69, 9.17) is 0 Å². The molecule has 0 unspecified atom stereocenters. The van der Waals surface area contributed by atoms with Crippen molar-refractivity contribution in [3.05, 3.63) is 58.1 Å². The van der Waals surface area contributed by atoms with Crippen molar-refractivity contribution < 1.29 is 8.42 Å². The van der Waals surface area contributed by atoms with Crippen LogP contribution in [0.15, 0.2) is 51.8 Å². The molecule has 0 spiro atoms. The zero-order valence-electron chi connectivity index (χ0n) is 11.4. The fraction of sp³-hybridized carbons (Fsp3) is 0.200. The van der Waals surface area contributed by atoms with E-state index in [0.717, 1.165) is 22.0 Å². The van der Waals surface area contributed by atoms with Crippen LogP contribution in [0.2, 0.25) is 0 Å². The first kappa shape index (κ1) is 16.5. The van der Waals surface area contributed by atoms with Gasteiger partial charge in [0.1, 0.15) is 0 Å². The molecule has 0 fully saturated rings. The number of hydrogen-bond donors (Lipinski definition) is 1. The second-order valence-electron chi connectivity index (χ2n) is 4.54. The molecular formula is C15H15Br2NO2S. The van der Waals surface area contributed by atoms with E-state index in [-0.39, 0.29) is 4.90 Å². The van der Waals surface area contributed by atoms with Crippen LogP contribution in [-0.4, -0.2) is 8.42 Å². The second-order valence-corrected chi connectivity index (χ2v) is 7.70. The molecule has 0 radical (unpaired) electrons. The number of sulfonamides is 1. The van der Waals surface area contributed by atoms with Gasteiger partial charge >= 0.3 is 0 Å². The molecule has 1 N–H and O–H groups in total. The number of halogens is 2. The molecule has 2 aromatic carbocycles. The standard InChI is InChI=1S/C15H15Br2NO2S/c1-2-12-9-13(17)5-8-15(12)18-21(19,20)14-6-3-11(10-16)4-7-14/h3-9,18H,2,10H2,1H3. The normalized spacial score (nSPS) is 11.4. The van der Waals surface area contributed by atoms with Crippen molar-refractivity contribution in [3.8, 4) is 0 Å². The maximum Gasteiger partial charge on any atom is 0.261 e. The van der Waals surface area contributed by atoms with Crippen molar-refractivity contribution in [2.75, 3.05) is 4.72 Å². The van der Waals surface area contributed by atoms with Crippen molar-refractivity contribution in [2.24, 2.45) is 0 Å².